The molecule has 100 valence electrons. The van der Waals surface area contributed by atoms with Gasteiger partial charge in [-0.2, -0.15) is 0 Å². The van der Waals surface area contributed by atoms with E-state index >= 15 is 0 Å². The fourth-order valence-corrected chi connectivity index (χ4v) is 2.18. The zero-order valence-corrected chi connectivity index (χ0v) is 12.2. The highest BCUT2D eigenvalue weighted by molar-refractivity contribution is 6.05. The maximum atomic E-state index is 12.3. The van der Waals surface area contributed by atoms with E-state index < -0.39 is 0 Å². The molecule has 0 unspecified atom stereocenters. The van der Waals surface area contributed by atoms with Gasteiger partial charge in [0.1, 0.15) is 0 Å². The molecule has 0 aromatic heterocycles. The van der Waals surface area contributed by atoms with E-state index in [1.807, 2.05) is 39.0 Å². The number of carbonyl (C=O) groups is 1. The molecule has 1 aliphatic rings. The molecule has 0 N–H and O–H groups in total. The topological polar surface area (TPSA) is 20.3 Å². The van der Waals surface area contributed by atoms with Crippen LogP contribution in [0.3, 0.4) is 0 Å². The summed E-state index contributed by atoms with van der Waals surface area (Å²) in [5.74, 6) is 0.00820. The van der Waals surface area contributed by atoms with Crippen molar-refractivity contribution >= 4 is 5.91 Å². The quantitative estimate of drug-likeness (QED) is 0.700. The lowest BCUT2D eigenvalue weighted by atomic mass is 9.94. The average molecular weight is 255 g/mol. The molecule has 1 aliphatic heterocycles. The van der Waals surface area contributed by atoms with Gasteiger partial charge >= 0.3 is 0 Å². The number of likely N-dealkylation sites (N-methyl/N-ethyl adjacent to an activating group) is 1. The second kappa shape index (κ2) is 6.19. The summed E-state index contributed by atoms with van der Waals surface area (Å²) >= 11 is 0. The highest BCUT2D eigenvalue weighted by atomic mass is 16.2. The Morgan fingerprint density at radius 3 is 2.32 bits per heavy atom. The molecule has 1 saturated heterocycles. The third-order valence-corrected chi connectivity index (χ3v) is 3.32. The molecule has 1 amide bonds. The van der Waals surface area contributed by atoms with Crippen LogP contribution in [0.5, 0.6) is 0 Å². The summed E-state index contributed by atoms with van der Waals surface area (Å²) in [5, 5.41) is 0. The molecule has 1 rings (SSSR count). The van der Waals surface area contributed by atoms with Crippen molar-refractivity contribution in [2.75, 3.05) is 7.05 Å². The third-order valence-electron chi connectivity index (χ3n) is 3.32. The van der Waals surface area contributed by atoms with Crippen LogP contribution in [0.2, 0.25) is 0 Å². The van der Waals surface area contributed by atoms with Gasteiger partial charge in [0.05, 0.1) is 5.70 Å². The molecule has 2 nitrogen and oxygen atoms in total. The van der Waals surface area contributed by atoms with E-state index in [-0.39, 0.29) is 5.91 Å². The van der Waals surface area contributed by atoms with E-state index in [1.54, 1.807) is 24.1 Å². The summed E-state index contributed by atoms with van der Waals surface area (Å²) in [4.78, 5) is 13.9. The molecule has 19 heavy (non-hydrogen) atoms. The molecule has 0 atom stereocenters. The highest BCUT2D eigenvalue weighted by Crippen LogP contribution is 2.36. The van der Waals surface area contributed by atoms with Crippen LogP contribution in [0.25, 0.3) is 0 Å². The van der Waals surface area contributed by atoms with Crippen LogP contribution in [0.15, 0.2) is 71.5 Å². The van der Waals surface area contributed by atoms with Crippen LogP contribution < -0.4 is 0 Å². The molecule has 0 radical (unpaired) electrons. The molecule has 2 heteroatoms. The first-order chi connectivity index (χ1) is 9.03. The Labute approximate surface area is 115 Å². The smallest absolute Gasteiger partial charge is 0.258 e. The summed E-state index contributed by atoms with van der Waals surface area (Å²) in [6.45, 7) is 13.5. The minimum absolute atomic E-state index is 0.00820. The second-order valence-electron chi connectivity index (χ2n) is 4.32. The fourth-order valence-electron chi connectivity index (χ4n) is 2.18. The van der Waals surface area contributed by atoms with Crippen molar-refractivity contribution in [3.63, 3.8) is 0 Å². The van der Waals surface area contributed by atoms with Crippen LogP contribution in [-0.2, 0) is 4.79 Å². The molecule has 1 fully saturated rings. The van der Waals surface area contributed by atoms with E-state index in [9.17, 15) is 4.79 Å². The Kier molecular flexibility index (Phi) is 4.87. The number of carbonyl (C=O) groups excluding carboxylic acids is 1. The van der Waals surface area contributed by atoms with Gasteiger partial charge in [-0.25, -0.2) is 0 Å². The van der Waals surface area contributed by atoms with Crippen molar-refractivity contribution in [2.45, 2.75) is 20.8 Å². The summed E-state index contributed by atoms with van der Waals surface area (Å²) in [7, 11) is 1.78. The van der Waals surface area contributed by atoms with Gasteiger partial charge in [0.25, 0.3) is 5.91 Å². The van der Waals surface area contributed by atoms with E-state index in [0.717, 1.165) is 22.4 Å². The van der Waals surface area contributed by atoms with Gasteiger partial charge in [0.15, 0.2) is 0 Å². The number of likely N-dealkylation sites (tertiary alicyclic amines) is 1. The number of amides is 1. The number of allylic oxidation sites excluding steroid dienone is 8. The number of rotatable bonds is 3. The van der Waals surface area contributed by atoms with E-state index in [4.69, 9.17) is 0 Å². The Hall–Kier alpha value is -2.09. The molecule has 0 saturated carbocycles. The van der Waals surface area contributed by atoms with Crippen LogP contribution in [0, 0.1) is 0 Å². The number of hydrogen-bond donors (Lipinski definition) is 0. The van der Waals surface area contributed by atoms with Crippen LogP contribution in [-0.4, -0.2) is 17.9 Å². The van der Waals surface area contributed by atoms with E-state index in [2.05, 4.69) is 13.2 Å². The van der Waals surface area contributed by atoms with Gasteiger partial charge in [-0.05, 0) is 38.0 Å². The maximum absolute atomic E-state index is 12.3. The lowest BCUT2D eigenvalue weighted by Gasteiger charge is -2.12. The van der Waals surface area contributed by atoms with Gasteiger partial charge in [-0.3, -0.25) is 4.79 Å². The largest absolute Gasteiger partial charge is 0.311 e. The zero-order valence-electron chi connectivity index (χ0n) is 12.2. The predicted octanol–water partition coefficient (Wildman–Crippen LogP) is 3.92. The van der Waals surface area contributed by atoms with Crippen molar-refractivity contribution in [2.24, 2.45) is 0 Å². The van der Waals surface area contributed by atoms with Crippen molar-refractivity contribution in [3.05, 3.63) is 71.5 Å². The minimum atomic E-state index is 0.00820. The molecule has 0 aliphatic carbocycles. The molecule has 1 heterocycles. The first-order valence-corrected chi connectivity index (χ1v) is 6.31. The second-order valence-corrected chi connectivity index (χ2v) is 4.32. The third kappa shape index (κ3) is 2.53. The summed E-state index contributed by atoms with van der Waals surface area (Å²) < 4.78 is 0. The normalized spacial score (nSPS) is 23.3. The SMILES string of the molecule is C=C\C=C1C(=C(C=C)/C(C)=C\C)/C(=C\C)C(=O)N/1C. The molecule has 0 aromatic carbocycles. The van der Waals surface area contributed by atoms with Crippen molar-refractivity contribution in [3.8, 4) is 0 Å². The standard InChI is InChI=1S/C17H21NO/c1-7-11-15-16(13(9-3)12(5)8-2)14(10-4)17(19)18(15)6/h7-11H,1,3H2,2,4-6H3/b12-8-,14-10+,15-11+,16-13+. The van der Waals surface area contributed by atoms with Crippen LogP contribution in [0.4, 0.5) is 0 Å². The van der Waals surface area contributed by atoms with Gasteiger partial charge in [-0.1, -0.05) is 37.5 Å². The molecule has 0 bridgehead atoms. The van der Waals surface area contributed by atoms with Crippen molar-refractivity contribution < 1.29 is 4.79 Å². The first kappa shape index (κ1) is 15.0. The van der Waals surface area contributed by atoms with Crippen LogP contribution in [0.1, 0.15) is 20.8 Å². The Balaban J connectivity index is 3.72. The lowest BCUT2D eigenvalue weighted by Crippen LogP contribution is -2.17. The monoisotopic (exact) mass is 255 g/mol. The fraction of sp³-hybridized carbons (Fsp3) is 0.235. The average Bonchev–Trinajstić information content (AvgIpc) is 2.64. The Morgan fingerprint density at radius 1 is 1.26 bits per heavy atom. The predicted molar refractivity (Wildman–Crippen MR) is 81.5 cm³/mol. The van der Waals surface area contributed by atoms with Gasteiger partial charge in [0.2, 0.25) is 0 Å². The highest BCUT2D eigenvalue weighted by Gasteiger charge is 2.33. The molecule has 0 aromatic rings. The minimum Gasteiger partial charge on any atom is -0.311 e. The van der Waals surface area contributed by atoms with Crippen molar-refractivity contribution in [1.29, 1.82) is 0 Å². The van der Waals surface area contributed by atoms with Crippen molar-refractivity contribution in [1.82, 2.24) is 4.90 Å². The number of hydrogen-bond acceptors (Lipinski definition) is 1. The summed E-state index contributed by atoms with van der Waals surface area (Å²) in [6.07, 6.45) is 9.23. The van der Waals surface area contributed by atoms with Gasteiger partial charge in [0, 0.05) is 18.2 Å². The maximum Gasteiger partial charge on any atom is 0.258 e. The Bertz CT molecular complexity index is 542. The molecule has 0 spiro atoms. The van der Waals surface area contributed by atoms with E-state index in [0.29, 0.717) is 5.57 Å². The Morgan fingerprint density at radius 2 is 1.89 bits per heavy atom. The van der Waals surface area contributed by atoms with Crippen LogP contribution >= 0.6 is 0 Å². The summed E-state index contributed by atoms with van der Waals surface area (Å²) in [5.41, 5.74) is 4.60. The molecular weight excluding hydrogens is 234 g/mol. The van der Waals surface area contributed by atoms with Gasteiger partial charge in [-0.15, -0.1) is 0 Å². The first-order valence-electron chi connectivity index (χ1n) is 6.31. The summed E-state index contributed by atoms with van der Waals surface area (Å²) in [6, 6.07) is 0. The lowest BCUT2D eigenvalue weighted by molar-refractivity contribution is -0.122. The van der Waals surface area contributed by atoms with E-state index in [1.165, 1.54) is 0 Å². The zero-order chi connectivity index (χ0) is 14.6. The van der Waals surface area contributed by atoms with Gasteiger partial charge < -0.3 is 4.90 Å². The molecular formula is C17H21NO. The number of nitrogens with zero attached hydrogens (tertiary/aromatic N) is 1.